The Balaban J connectivity index is 1.50. The van der Waals surface area contributed by atoms with Crippen LogP contribution in [-0.2, 0) is 0 Å². The second kappa shape index (κ2) is 8.50. The minimum Gasteiger partial charge on any atom is -0.363 e. The van der Waals surface area contributed by atoms with Crippen molar-refractivity contribution in [3.63, 3.8) is 0 Å². The van der Waals surface area contributed by atoms with Gasteiger partial charge in [0.05, 0.1) is 11.8 Å². The number of aryl methyl sites for hydroxylation is 1. The van der Waals surface area contributed by atoms with Crippen LogP contribution in [0.4, 0.5) is 5.69 Å². The van der Waals surface area contributed by atoms with Crippen molar-refractivity contribution in [2.45, 2.75) is 40.2 Å². The van der Waals surface area contributed by atoms with Crippen LogP contribution in [0.25, 0.3) is 11.3 Å². The van der Waals surface area contributed by atoms with Gasteiger partial charge in [0.2, 0.25) is 0 Å². The number of allylic oxidation sites excluding steroid dienone is 1. The molecule has 1 amide bonds. The van der Waals surface area contributed by atoms with E-state index in [1.165, 1.54) is 16.8 Å². The number of hydrogen-bond acceptors (Lipinski definition) is 3. The maximum Gasteiger partial charge on any atom is 0.271 e. The number of benzene rings is 2. The number of rotatable bonds is 5. The number of amides is 1. The van der Waals surface area contributed by atoms with E-state index in [1.54, 1.807) is 18.3 Å². The van der Waals surface area contributed by atoms with Crippen LogP contribution in [0.2, 0.25) is 0 Å². The van der Waals surface area contributed by atoms with E-state index in [0.717, 1.165) is 23.4 Å². The Morgan fingerprint density at radius 2 is 1.78 bits per heavy atom. The van der Waals surface area contributed by atoms with Crippen molar-refractivity contribution in [1.82, 2.24) is 9.99 Å². The molecule has 0 atom stereocenters. The maximum absolute atomic E-state index is 12.5. The fourth-order valence-electron chi connectivity index (χ4n) is 4.48. The molecule has 0 fully saturated rings. The summed E-state index contributed by atoms with van der Waals surface area (Å²) < 4.78 is 2.00. The van der Waals surface area contributed by atoms with E-state index in [9.17, 15) is 4.79 Å². The minimum absolute atomic E-state index is 0.0151. The Morgan fingerprint density at radius 3 is 2.44 bits per heavy atom. The lowest BCUT2D eigenvalue weighted by Crippen LogP contribution is -2.45. The van der Waals surface area contributed by atoms with Gasteiger partial charge in [-0.2, -0.15) is 5.10 Å². The lowest BCUT2D eigenvalue weighted by atomic mass is 9.87. The first-order valence-corrected chi connectivity index (χ1v) is 11.0. The first kappa shape index (κ1) is 21.6. The molecular weight excluding hydrogens is 396 g/mol. The van der Waals surface area contributed by atoms with Gasteiger partial charge in [-0.15, -0.1) is 0 Å². The normalized spacial score (nSPS) is 14.9. The highest BCUT2D eigenvalue weighted by molar-refractivity contribution is 5.95. The van der Waals surface area contributed by atoms with Crippen molar-refractivity contribution >= 4 is 23.4 Å². The van der Waals surface area contributed by atoms with Crippen molar-refractivity contribution in [3.05, 3.63) is 89.3 Å². The topological polar surface area (TPSA) is 49.6 Å². The predicted molar refractivity (Wildman–Crippen MR) is 133 cm³/mol. The van der Waals surface area contributed by atoms with Gasteiger partial charge in [0.15, 0.2) is 0 Å². The molecule has 0 bridgehead atoms. The third kappa shape index (κ3) is 4.11. The fourth-order valence-corrected chi connectivity index (χ4v) is 4.48. The van der Waals surface area contributed by atoms with E-state index in [-0.39, 0.29) is 11.4 Å². The summed E-state index contributed by atoms with van der Waals surface area (Å²) in [5.41, 5.74) is 10.1. The molecule has 4 rings (SSSR count). The number of nitrogens with zero attached hydrogens (tertiary/aromatic N) is 3. The monoisotopic (exact) mass is 426 g/mol. The van der Waals surface area contributed by atoms with Crippen molar-refractivity contribution in [3.8, 4) is 5.69 Å². The van der Waals surface area contributed by atoms with Crippen LogP contribution in [0.3, 0.4) is 0 Å². The minimum atomic E-state index is -0.231. The molecule has 5 heteroatoms. The van der Waals surface area contributed by atoms with E-state index in [4.69, 9.17) is 0 Å². The van der Waals surface area contributed by atoms with Gasteiger partial charge < -0.3 is 9.47 Å². The molecule has 2 aromatic carbocycles. The van der Waals surface area contributed by atoms with Gasteiger partial charge in [-0.05, 0) is 99.8 Å². The summed E-state index contributed by atoms with van der Waals surface area (Å²) in [5, 5.41) is 4.23. The molecule has 2 heterocycles. The van der Waals surface area contributed by atoms with Gasteiger partial charge in [-0.1, -0.05) is 6.08 Å². The summed E-state index contributed by atoms with van der Waals surface area (Å²) in [6.07, 6.45) is 7.98. The highest BCUT2D eigenvalue weighted by atomic mass is 16.2. The Kier molecular flexibility index (Phi) is 5.74. The molecule has 1 aromatic heterocycles. The quantitative estimate of drug-likeness (QED) is 0.428. The molecular formula is C27H30N4O. The smallest absolute Gasteiger partial charge is 0.271 e. The summed E-state index contributed by atoms with van der Waals surface area (Å²) in [6, 6.07) is 15.8. The van der Waals surface area contributed by atoms with Gasteiger partial charge >= 0.3 is 0 Å². The number of hydrazone groups is 1. The molecule has 3 aromatic rings. The Bertz CT molecular complexity index is 1190. The van der Waals surface area contributed by atoms with Crippen LogP contribution in [0.1, 0.15) is 54.7 Å². The van der Waals surface area contributed by atoms with Crippen LogP contribution in [-0.4, -0.2) is 28.8 Å². The summed E-state index contributed by atoms with van der Waals surface area (Å²) in [4.78, 5) is 14.9. The molecule has 1 aliphatic rings. The number of carbonyl (C=O) groups excluding carboxylic acids is 1. The summed E-state index contributed by atoms with van der Waals surface area (Å²) in [6.45, 7) is 11.9. The number of carbonyl (C=O) groups is 1. The second-order valence-electron chi connectivity index (χ2n) is 8.79. The van der Waals surface area contributed by atoms with E-state index in [1.807, 2.05) is 41.2 Å². The number of likely N-dealkylation sites (N-methyl/N-ethyl adjacent to an activating group) is 1. The maximum atomic E-state index is 12.5. The van der Waals surface area contributed by atoms with Gasteiger partial charge in [0.1, 0.15) is 0 Å². The fraction of sp³-hybridized carbons (Fsp3) is 0.259. The molecule has 0 radical (unpaired) electrons. The zero-order valence-corrected chi connectivity index (χ0v) is 19.4. The average molecular weight is 427 g/mol. The zero-order chi connectivity index (χ0) is 22.9. The van der Waals surface area contributed by atoms with Crippen molar-refractivity contribution in [2.24, 2.45) is 5.10 Å². The van der Waals surface area contributed by atoms with Gasteiger partial charge in [0, 0.05) is 41.4 Å². The number of nitrogens with one attached hydrogen (secondary N) is 1. The summed E-state index contributed by atoms with van der Waals surface area (Å²) >= 11 is 0. The lowest BCUT2D eigenvalue weighted by molar-refractivity contribution is 0.0955. The van der Waals surface area contributed by atoms with Crippen LogP contribution in [0.15, 0.2) is 72.1 Å². The van der Waals surface area contributed by atoms with Crippen LogP contribution in [0.5, 0.6) is 0 Å². The molecule has 1 N–H and O–H groups in total. The number of anilines is 1. The van der Waals surface area contributed by atoms with Crippen molar-refractivity contribution < 1.29 is 4.79 Å². The molecule has 164 valence electrons. The average Bonchev–Trinajstić information content (AvgIpc) is 3.29. The summed E-state index contributed by atoms with van der Waals surface area (Å²) in [7, 11) is 0. The third-order valence-electron chi connectivity index (χ3n) is 6.08. The van der Waals surface area contributed by atoms with Crippen molar-refractivity contribution in [2.75, 3.05) is 11.4 Å². The number of fused-ring (bicyclic) bond motifs is 1. The van der Waals surface area contributed by atoms with Crippen molar-refractivity contribution in [1.29, 1.82) is 0 Å². The van der Waals surface area contributed by atoms with E-state index < -0.39 is 0 Å². The SMILES string of the molecule is CCN1c2cc(C)c(/C=N/NC(=O)c3ccc(-n4cccc4)cc3)cc2C(C)=CC1(C)C. The number of hydrogen-bond donors (Lipinski definition) is 1. The molecule has 5 nitrogen and oxygen atoms in total. The standard InChI is InChI=1S/C27H30N4O/c1-6-31-25-15-19(2)22(16-24(25)20(3)17-27(31,4)5)18-28-29-26(32)21-9-11-23(12-10-21)30-13-7-8-14-30/h7-18H,6H2,1-5H3,(H,29,32)/b28-18+. The second-order valence-corrected chi connectivity index (χ2v) is 8.79. The molecule has 0 spiro atoms. The first-order valence-electron chi connectivity index (χ1n) is 11.0. The van der Waals surface area contributed by atoms with Gasteiger partial charge in [0.25, 0.3) is 5.91 Å². The van der Waals surface area contributed by atoms with Crippen LogP contribution in [0, 0.1) is 6.92 Å². The number of aromatic nitrogens is 1. The highest BCUT2D eigenvalue weighted by Gasteiger charge is 2.30. The molecule has 0 aliphatic carbocycles. The largest absolute Gasteiger partial charge is 0.363 e. The molecule has 0 unspecified atom stereocenters. The first-order chi connectivity index (χ1) is 15.3. The Morgan fingerprint density at radius 1 is 1.09 bits per heavy atom. The summed E-state index contributed by atoms with van der Waals surface area (Å²) in [5.74, 6) is -0.231. The van der Waals surface area contributed by atoms with Gasteiger partial charge in [-0.3, -0.25) is 4.79 Å². The van der Waals surface area contributed by atoms with Crippen LogP contribution >= 0.6 is 0 Å². The van der Waals surface area contributed by atoms with E-state index in [0.29, 0.717) is 5.56 Å². The molecule has 0 saturated heterocycles. The Hall–Kier alpha value is -3.60. The van der Waals surface area contributed by atoms with Gasteiger partial charge in [-0.25, -0.2) is 5.43 Å². The predicted octanol–water partition coefficient (Wildman–Crippen LogP) is 5.57. The Labute approximate surface area is 190 Å². The van der Waals surface area contributed by atoms with E-state index >= 15 is 0 Å². The molecule has 0 saturated carbocycles. The third-order valence-corrected chi connectivity index (χ3v) is 6.08. The molecule has 1 aliphatic heterocycles. The lowest BCUT2D eigenvalue weighted by Gasteiger charge is -2.43. The highest BCUT2D eigenvalue weighted by Crippen LogP contribution is 2.39. The van der Waals surface area contributed by atoms with Crippen LogP contribution < -0.4 is 10.3 Å². The molecule has 32 heavy (non-hydrogen) atoms. The van der Waals surface area contributed by atoms with E-state index in [2.05, 4.69) is 68.3 Å². The zero-order valence-electron chi connectivity index (χ0n) is 19.4.